The molecule has 0 aliphatic rings. The van der Waals surface area contributed by atoms with Gasteiger partial charge in [0.2, 0.25) is 0 Å². The van der Waals surface area contributed by atoms with Crippen LogP contribution in [0.25, 0.3) is 0 Å². The Kier molecular flexibility index (Phi) is 4.15. The van der Waals surface area contributed by atoms with E-state index in [4.69, 9.17) is 11.6 Å². The fourth-order valence-corrected chi connectivity index (χ4v) is 2.14. The highest BCUT2D eigenvalue weighted by Crippen LogP contribution is 2.28. The molecule has 2 aromatic carbocycles. The van der Waals surface area contributed by atoms with Crippen LogP contribution in [0.3, 0.4) is 0 Å². The molecule has 0 radical (unpaired) electrons. The molecule has 0 bridgehead atoms. The van der Waals surface area contributed by atoms with Gasteiger partial charge in [0.1, 0.15) is 5.75 Å². The topological polar surface area (TPSA) is 32.3 Å². The maximum atomic E-state index is 9.45. The first-order valence-electron chi connectivity index (χ1n) is 5.57. The molecular formula is C14H13BrClNO. The van der Waals surface area contributed by atoms with E-state index >= 15 is 0 Å². The van der Waals surface area contributed by atoms with Gasteiger partial charge in [-0.15, -0.1) is 0 Å². The van der Waals surface area contributed by atoms with Crippen molar-refractivity contribution in [2.75, 3.05) is 5.32 Å². The molecule has 1 atom stereocenters. The highest BCUT2D eigenvalue weighted by molar-refractivity contribution is 9.10. The third-order valence-corrected chi connectivity index (χ3v) is 3.91. The van der Waals surface area contributed by atoms with Gasteiger partial charge < -0.3 is 10.4 Å². The molecule has 2 N–H and O–H groups in total. The summed E-state index contributed by atoms with van der Waals surface area (Å²) >= 11 is 9.40. The van der Waals surface area contributed by atoms with Crippen LogP contribution in [0.5, 0.6) is 5.75 Å². The maximum absolute atomic E-state index is 9.45. The van der Waals surface area contributed by atoms with Crippen LogP contribution >= 0.6 is 27.5 Å². The highest BCUT2D eigenvalue weighted by atomic mass is 79.9. The predicted molar refractivity (Wildman–Crippen MR) is 79.3 cm³/mol. The van der Waals surface area contributed by atoms with Gasteiger partial charge in [-0.2, -0.15) is 0 Å². The van der Waals surface area contributed by atoms with E-state index in [1.807, 2.05) is 37.3 Å². The van der Waals surface area contributed by atoms with Crippen LogP contribution in [0, 0.1) is 0 Å². The fraction of sp³-hybridized carbons (Fsp3) is 0.143. The Hall–Kier alpha value is -1.19. The lowest BCUT2D eigenvalue weighted by Gasteiger charge is -2.16. The number of rotatable bonds is 3. The first kappa shape index (κ1) is 13.2. The standard InChI is InChI=1S/C14H13BrClNO/c1-9(10-3-2-4-12(18)7-10)17-11-5-6-13(15)14(16)8-11/h2-9,17-18H,1H3. The average Bonchev–Trinajstić information content (AvgIpc) is 2.34. The van der Waals surface area contributed by atoms with E-state index in [1.54, 1.807) is 12.1 Å². The molecule has 18 heavy (non-hydrogen) atoms. The summed E-state index contributed by atoms with van der Waals surface area (Å²) in [4.78, 5) is 0. The summed E-state index contributed by atoms with van der Waals surface area (Å²) in [6.45, 7) is 2.03. The van der Waals surface area contributed by atoms with E-state index < -0.39 is 0 Å². The molecule has 0 amide bonds. The van der Waals surface area contributed by atoms with E-state index in [2.05, 4.69) is 21.2 Å². The molecule has 0 aromatic heterocycles. The van der Waals surface area contributed by atoms with Crippen molar-refractivity contribution in [3.05, 3.63) is 57.5 Å². The zero-order valence-corrected chi connectivity index (χ0v) is 12.2. The normalized spacial score (nSPS) is 12.2. The predicted octanol–water partition coefficient (Wildman–Crippen LogP) is 4.98. The quantitative estimate of drug-likeness (QED) is 0.833. The molecule has 0 saturated heterocycles. The molecule has 2 nitrogen and oxygen atoms in total. The number of anilines is 1. The summed E-state index contributed by atoms with van der Waals surface area (Å²) < 4.78 is 0.875. The third-order valence-electron chi connectivity index (χ3n) is 2.67. The number of phenolic OH excluding ortho intramolecular Hbond substituents is 1. The fourth-order valence-electron chi connectivity index (χ4n) is 1.71. The molecule has 0 fully saturated rings. The summed E-state index contributed by atoms with van der Waals surface area (Å²) in [5, 5.41) is 13.5. The van der Waals surface area contributed by atoms with Gasteiger partial charge in [-0.3, -0.25) is 0 Å². The molecule has 0 aliphatic carbocycles. The van der Waals surface area contributed by atoms with Crippen molar-refractivity contribution in [2.45, 2.75) is 13.0 Å². The van der Waals surface area contributed by atoms with Crippen molar-refractivity contribution in [3.8, 4) is 5.75 Å². The lowest BCUT2D eigenvalue weighted by Crippen LogP contribution is -2.06. The monoisotopic (exact) mass is 325 g/mol. The highest BCUT2D eigenvalue weighted by Gasteiger charge is 2.07. The maximum Gasteiger partial charge on any atom is 0.115 e. The second-order valence-electron chi connectivity index (χ2n) is 4.09. The van der Waals surface area contributed by atoms with Gasteiger partial charge in [-0.1, -0.05) is 23.7 Å². The molecule has 0 heterocycles. The van der Waals surface area contributed by atoms with Crippen molar-refractivity contribution < 1.29 is 5.11 Å². The van der Waals surface area contributed by atoms with Crippen LogP contribution in [0.4, 0.5) is 5.69 Å². The van der Waals surface area contributed by atoms with Crippen molar-refractivity contribution in [3.63, 3.8) is 0 Å². The smallest absolute Gasteiger partial charge is 0.115 e. The van der Waals surface area contributed by atoms with Gasteiger partial charge in [-0.05, 0) is 58.7 Å². The van der Waals surface area contributed by atoms with Gasteiger partial charge in [0.05, 0.1) is 5.02 Å². The minimum atomic E-state index is 0.0920. The van der Waals surface area contributed by atoms with E-state index in [0.717, 1.165) is 15.7 Å². The van der Waals surface area contributed by atoms with Crippen molar-refractivity contribution >= 4 is 33.2 Å². The Bertz CT molecular complexity index is 559. The summed E-state index contributed by atoms with van der Waals surface area (Å²) in [7, 11) is 0. The lowest BCUT2D eigenvalue weighted by molar-refractivity contribution is 0.474. The first-order valence-corrected chi connectivity index (χ1v) is 6.74. The molecule has 0 aliphatic heterocycles. The Morgan fingerprint density at radius 1 is 1.22 bits per heavy atom. The Morgan fingerprint density at radius 2 is 2.00 bits per heavy atom. The average molecular weight is 327 g/mol. The van der Waals surface area contributed by atoms with E-state index in [0.29, 0.717) is 5.02 Å². The second kappa shape index (κ2) is 5.63. The van der Waals surface area contributed by atoms with Crippen LogP contribution in [0.2, 0.25) is 5.02 Å². The van der Waals surface area contributed by atoms with E-state index in [9.17, 15) is 5.11 Å². The molecule has 4 heteroatoms. The molecule has 0 saturated carbocycles. The first-order chi connectivity index (χ1) is 8.56. The number of benzene rings is 2. The van der Waals surface area contributed by atoms with Gasteiger partial charge >= 0.3 is 0 Å². The van der Waals surface area contributed by atoms with Gasteiger partial charge in [0.25, 0.3) is 0 Å². The van der Waals surface area contributed by atoms with Crippen LogP contribution in [-0.2, 0) is 0 Å². The SMILES string of the molecule is CC(Nc1ccc(Br)c(Cl)c1)c1cccc(O)c1. The Labute approximate surface area is 120 Å². The minimum Gasteiger partial charge on any atom is -0.508 e. The summed E-state index contributed by atoms with van der Waals surface area (Å²) in [5.41, 5.74) is 1.97. The molecule has 1 unspecified atom stereocenters. The Balaban J connectivity index is 2.16. The number of nitrogens with one attached hydrogen (secondary N) is 1. The molecule has 94 valence electrons. The number of hydrogen-bond donors (Lipinski definition) is 2. The molecule has 2 rings (SSSR count). The van der Waals surface area contributed by atoms with E-state index in [1.165, 1.54) is 0 Å². The number of halogens is 2. The van der Waals surface area contributed by atoms with Crippen molar-refractivity contribution in [2.24, 2.45) is 0 Å². The molecule has 2 aromatic rings. The van der Waals surface area contributed by atoms with Gasteiger partial charge in [-0.25, -0.2) is 0 Å². The number of hydrogen-bond acceptors (Lipinski definition) is 2. The van der Waals surface area contributed by atoms with Crippen molar-refractivity contribution in [1.29, 1.82) is 0 Å². The summed E-state index contributed by atoms with van der Waals surface area (Å²) in [6, 6.07) is 13.0. The van der Waals surface area contributed by atoms with Crippen LogP contribution in [0.15, 0.2) is 46.9 Å². The Morgan fingerprint density at radius 3 is 2.67 bits per heavy atom. The zero-order chi connectivity index (χ0) is 13.1. The molecular weight excluding hydrogens is 314 g/mol. The van der Waals surface area contributed by atoms with Crippen LogP contribution in [-0.4, -0.2) is 5.11 Å². The minimum absolute atomic E-state index is 0.0920. The third kappa shape index (κ3) is 3.18. The van der Waals surface area contributed by atoms with Gasteiger partial charge in [0, 0.05) is 16.2 Å². The zero-order valence-electron chi connectivity index (χ0n) is 9.82. The number of aromatic hydroxyl groups is 1. The molecule has 0 spiro atoms. The largest absolute Gasteiger partial charge is 0.508 e. The van der Waals surface area contributed by atoms with Gasteiger partial charge in [0.15, 0.2) is 0 Å². The number of phenols is 1. The van der Waals surface area contributed by atoms with E-state index in [-0.39, 0.29) is 11.8 Å². The second-order valence-corrected chi connectivity index (χ2v) is 5.35. The van der Waals surface area contributed by atoms with Crippen LogP contribution < -0.4 is 5.32 Å². The van der Waals surface area contributed by atoms with Crippen molar-refractivity contribution in [1.82, 2.24) is 0 Å². The van der Waals surface area contributed by atoms with Crippen LogP contribution in [0.1, 0.15) is 18.5 Å². The summed E-state index contributed by atoms with van der Waals surface area (Å²) in [6.07, 6.45) is 0. The summed E-state index contributed by atoms with van der Waals surface area (Å²) in [5.74, 6) is 0.273. The lowest BCUT2D eigenvalue weighted by atomic mass is 10.1.